The lowest BCUT2D eigenvalue weighted by Gasteiger charge is -2.12. The first kappa shape index (κ1) is 16.1. The minimum Gasteiger partial charge on any atom is -0.399 e. The second kappa shape index (κ2) is 7.23. The lowest BCUT2D eigenvalue weighted by molar-refractivity contribution is 1.01. The van der Waals surface area contributed by atoms with Gasteiger partial charge < -0.3 is 11.1 Å². The van der Waals surface area contributed by atoms with Crippen molar-refractivity contribution in [3.05, 3.63) is 84.7 Å². The lowest BCUT2D eigenvalue weighted by Crippen LogP contribution is -2.08. The van der Waals surface area contributed by atoms with Gasteiger partial charge in [-0.05, 0) is 41.3 Å². The van der Waals surface area contributed by atoms with Crippen molar-refractivity contribution in [1.82, 2.24) is 9.97 Å². The van der Waals surface area contributed by atoms with Crippen LogP contribution in [-0.4, -0.2) is 16.5 Å². The van der Waals surface area contributed by atoms with Crippen molar-refractivity contribution < 1.29 is 0 Å². The number of rotatable bonds is 5. The SMILES string of the molecule is Nc1ccc2ncnc(NCCc3ccccc3-c3ccccc3)c2c1. The summed E-state index contributed by atoms with van der Waals surface area (Å²) in [5, 5.41) is 4.38. The summed E-state index contributed by atoms with van der Waals surface area (Å²) in [5.41, 5.74) is 11.3. The summed E-state index contributed by atoms with van der Waals surface area (Å²) in [4.78, 5) is 8.68. The number of nitrogens with two attached hydrogens (primary N) is 1. The highest BCUT2D eigenvalue weighted by Crippen LogP contribution is 2.25. The van der Waals surface area contributed by atoms with E-state index < -0.39 is 0 Å². The third-order valence-electron chi connectivity index (χ3n) is 4.45. The number of benzene rings is 3. The first-order valence-electron chi connectivity index (χ1n) is 8.69. The summed E-state index contributed by atoms with van der Waals surface area (Å²) >= 11 is 0. The number of nitrogens with zero attached hydrogens (tertiary/aromatic N) is 2. The van der Waals surface area contributed by atoms with E-state index in [2.05, 4.69) is 63.8 Å². The molecule has 0 aliphatic rings. The van der Waals surface area contributed by atoms with Crippen LogP contribution in [-0.2, 0) is 6.42 Å². The van der Waals surface area contributed by atoms with Crippen molar-refractivity contribution in [3.8, 4) is 11.1 Å². The fourth-order valence-corrected chi connectivity index (χ4v) is 3.17. The minimum absolute atomic E-state index is 0.713. The zero-order valence-electron chi connectivity index (χ0n) is 14.4. The zero-order chi connectivity index (χ0) is 17.8. The van der Waals surface area contributed by atoms with Gasteiger partial charge in [0.05, 0.1) is 5.52 Å². The average Bonchev–Trinajstić information content (AvgIpc) is 2.69. The fraction of sp³-hybridized carbons (Fsp3) is 0.0909. The molecular formula is C22H20N4. The van der Waals surface area contributed by atoms with Crippen LogP contribution in [0.4, 0.5) is 11.5 Å². The molecule has 4 aromatic rings. The quantitative estimate of drug-likeness (QED) is 0.524. The van der Waals surface area contributed by atoms with Crippen molar-refractivity contribution in [1.29, 1.82) is 0 Å². The summed E-state index contributed by atoms with van der Waals surface area (Å²) < 4.78 is 0. The zero-order valence-corrected chi connectivity index (χ0v) is 14.4. The minimum atomic E-state index is 0.713. The molecule has 128 valence electrons. The van der Waals surface area contributed by atoms with E-state index in [1.165, 1.54) is 16.7 Å². The summed E-state index contributed by atoms with van der Waals surface area (Å²) in [6.45, 7) is 0.782. The van der Waals surface area contributed by atoms with Crippen LogP contribution in [0.5, 0.6) is 0 Å². The summed E-state index contributed by atoms with van der Waals surface area (Å²) in [6, 6.07) is 24.7. The van der Waals surface area contributed by atoms with Crippen LogP contribution < -0.4 is 11.1 Å². The van der Waals surface area contributed by atoms with Gasteiger partial charge in [-0.15, -0.1) is 0 Å². The number of hydrogen-bond donors (Lipinski definition) is 2. The van der Waals surface area contributed by atoms with Crippen molar-refractivity contribution in [2.45, 2.75) is 6.42 Å². The van der Waals surface area contributed by atoms with Crippen LogP contribution in [0.25, 0.3) is 22.0 Å². The molecule has 3 aromatic carbocycles. The van der Waals surface area contributed by atoms with E-state index in [1.807, 2.05) is 24.3 Å². The van der Waals surface area contributed by atoms with Crippen molar-refractivity contribution in [3.63, 3.8) is 0 Å². The van der Waals surface area contributed by atoms with E-state index in [4.69, 9.17) is 5.73 Å². The van der Waals surface area contributed by atoms with Gasteiger partial charge in [-0.3, -0.25) is 0 Å². The van der Waals surface area contributed by atoms with Crippen LogP contribution in [0.3, 0.4) is 0 Å². The molecule has 26 heavy (non-hydrogen) atoms. The van der Waals surface area contributed by atoms with Gasteiger partial charge in [0.2, 0.25) is 0 Å². The number of anilines is 2. The van der Waals surface area contributed by atoms with E-state index in [-0.39, 0.29) is 0 Å². The highest BCUT2D eigenvalue weighted by Gasteiger charge is 2.06. The smallest absolute Gasteiger partial charge is 0.137 e. The van der Waals surface area contributed by atoms with E-state index in [9.17, 15) is 0 Å². The molecular weight excluding hydrogens is 320 g/mol. The summed E-state index contributed by atoms with van der Waals surface area (Å²) in [5.74, 6) is 0.819. The largest absolute Gasteiger partial charge is 0.399 e. The average molecular weight is 340 g/mol. The van der Waals surface area contributed by atoms with Crippen molar-refractivity contribution in [2.75, 3.05) is 17.6 Å². The van der Waals surface area contributed by atoms with Gasteiger partial charge in [-0.25, -0.2) is 9.97 Å². The Morgan fingerprint density at radius 3 is 2.54 bits per heavy atom. The third-order valence-corrected chi connectivity index (χ3v) is 4.45. The molecule has 0 bridgehead atoms. The van der Waals surface area contributed by atoms with E-state index in [0.29, 0.717) is 5.69 Å². The van der Waals surface area contributed by atoms with Gasteiger partial charge in [-0.1, -0.05) is 54.6 Å². The van der Waals surface area contributed by atoms with E-state index in [0.717, 1.165) is 29.7 Å². The highest BCUT2D eigenvalue weighted by molar-refractivity contribution is 5.91. The molecule has 1 aromatic heterocycles. The molecule has 1 heterocycles. The maximum absolute atomic E-state index is 5.91. The normalized spacial score (nSPS) is 10.8. The predicted molar refractivity (Wildman–Crippen MR) is 108 cm³/mol. The second-order valence-corrected chi connectivity index (χ2v) is 6.20. The van der Waals surface area contributed by atoms with Crippen LogP contribution in [0.2, 0.25) is 0 Å². The molecule has 0 saturated carbocycles. The van der Waals surface area contributed by atoms with Gasteiger partial charge in [0.1, 0.15) is 12.1 Å². The molecule has 4 heteroatoms. The fourth-order valence-electron chi connectivity index (χ4n) is 3.17. The summed E-state index contributed by atoms with van der Waals surface area (Å²) in [7, 11) is 0. The standard InChI is InChI=1S/C22H20N4/c23-18-10-11-21-20(14-18)22(26-15-25-21)24-13-12-17-8-4-5-9-19(17)16-6-2-1-3-7-16/h1-11,14-15H,12-13,23H2,(H,24,25,26). The lowest BCUT2D eigenvalue weighted by atomic mass is 9.98. The Kier molecular flexibility index (Phi) is 4.48. The molecule has 4 rings (SSSR count). The molecule has 0 aliphatic heterocycles. The molecule has 0 aliphatic carbocycles. The third kappa shape index (κ3) is 3.35. The molecule has 0 spiro atoms. The van der Waals surface area contributed by atoms with Crippen molar-refractivity contribution >= 4 is 22.4 Å². The Labute approximate surface area is 152 Å². The highest BCUT2D eigenvalue weighted by atomic mass is 15.0. The number of fused-ring (bicyclic) bond motifs is 1. The van der Waals surface area contributed by atoms with Crippen LogP contribution >= 0.6 is 0 Å². The Hall–Kier alpha value is -3.40. The molecule has 0 saturated heterocycles. The molecule has 0 amide bonds. The first-order chi connectivity index (χ1) is 12.8. The monoisotopic (exact) mass is 340 g/mol. The Morgan fingerprint density at radius 2 is 1.65 bits per heavy atom. The topological polar surface area (TPSA) is 63.8 Å². The molecule has 0 atom stereocenters. The molecule has 3 N–H and O–H groups in total. The van der Waals surface area contributed by atoms with Gasteiger partial charge in [0, 0.05) is 17.6 Å². The molecule has 4 nitrogen and oxygen atoms in total. The number of aromatic nitrogens is 2. The Morgan fingerprint density at radius 1 is 0.846 bits per heavy atom. The maximum atomic E-state index is 5.91. The second-order valence-electron chi connectivity index (χ2n) is 6.20. The van der Waals surface area contributed by atoms with Gasteiger partial charge in [0.15, 0.2) is 0 Å². The first-order valence-corrected chi connectivity index (χ1v) is 8.69. The molecule has 0 unspecified atom stereocenters. The Balaban J connectivity index is 1.54. The predicted octanol–water partition coefficient (Wildman–Crippen LogP) is 4.53. The van der Waals surface area contributed by atoms with Gasteiger partial charge in [-0.2, -0.15) is 0 Å². The van der Waals surface area contributed by atoms with Crippen LogP contribution in [0, 0.1) is 0 Å². The van der Waals surface area contributed by atoms with Crippen LogP contribution in [0.1, 0.15) is 5.56 Å². The van der Waals surface area contributed by atoms with Crippen LogP contribution in [0.15, 0.2) is 79.1 Å². The number of hydrogen-bond acceptors (Lipinski definition) is 4. The molecule has 0 fully saturated rings. The summed E-state index contributed by atoms with van der Waals surface area (Å²) in [6.07, 6.45) is 2.48. The van der Waals surface area contributed by atoms with Gasteiger partial charge in [0.25, 0.3) is 0 Å². The molecule has 0 radical (unpaired) electrons. The Bertz CT molecular complexity index is 1030. The van der Waals surface area contributed by atoms with Gasteiger partial charge >= 0.3 is 0 Å². The number of nitrogens with one attached hydrogen (secondary N) is 1. The van der Waals surface area contributed by atoms with Crippen molar-refractivity contribution in [2.24, 2.45) is 0 Å². The number of nitrogen functional groups attached to an aromatic ring is 1. The van der Waals surface area contributed by atoms with E-state index in [1.54, 1.807) is 6.33 Å². The van der Waals surface area contributed by atoms with E-state index >= 15 is 0 Å². The maximum Gasteiger partial charge on any atom is 0.137 e.